The van der Waals surface area contributed by atoms with E-state index in [2.05, 4.69) is 5.32 Å². The molecule has 1 aromatic heterocycles. The van der Waals surface area contributed by atoms with Gasteiger partial charge >= 0.3 is 0 Å². The van der Waals surface area contributed by atoms with Crippen molar-refractivity contribution in [2.45, 2.75) is 6.92 Å². The van der Waals surface area contributed by atoms with Crippen LogP contribution in [0.15, 0.2) is 46.9 Å². The van der Waals surface area contributed by atoms with Gasteiger partial charge in [-0.3, -0.25) is 4.79 Å². The van der Waals surface area contributed by atoms with Crippen molar-refractivity contribution >= 4 is 22.6 Å². The molecule has 0 aliphatic heterocycles. The van der Waals surface area contributed by atoms with Crippen LogP contribution in [0.4, 0.5) is 10.1 Å². The molecular formula is C17H11FN2O2. The Balaban J connectivity index is 2.00. The van der Waals surface area contributed by atoms with Gasteiger partial charge in [0, 0.05) is 10.9 Å². The maximum Gasteiger partial charge on any atom is 0.291 e. The molecule has 5 heteroatoms. The van der Waals surface area contributed by atoms with E-state index in [1.54, 1.807) is 19.1 Å². The Bertz CT molecular complexity index is 922. The smallest absolute Gasteiger partial charge is 0.291 e. The summed E-state index contributed by atoms with van der Waals surface area (Å²) in [7, 11) is 0. The molecule has 0 bridgehead atoms. The number of amides is 1. The first-order chi connectivity index (χ1) is 10.6. The molecule has 0 spiro atoms. The van der Waals surface area contributed by atoms with E-state index in [4.69, 9.17) is 9.68 Å². The average molecular weight is 294 g/mol. The normalized spacial score (nSPS) is 10.4. The molecule has 0 radical (unpaired) electrons. The number of fused-ring (bicyclic) bond motifs is 1. The number of carbonyl (C=O) groups excluding carboxylic acids is 1. The number of hydrogen-bond donors (Lipinski definition) is 1. The van der Waals surface area contributed by atoms with Crippen LogP contribution >= 0.6 is 0 Å². The maximum atomic E-state index is 13.6. The van der Waals surface area contributed by atoms with Gasteiger partial charge in [0.1, 0.15) is 23.0 Å². The first-order valence-electron chi connectivity index (χ1n) is 6.60. The second-order valence-electron chi connectivity index (χ2n) is 4.78. The highest BCUT2D eigenvalue weighted by atomic mass is 19.1. The largest absolute Gasteiger partial charge is 0.451 e. The number of halogens is 1. The van der Waals surface area contributed by atoms with E-state index in [-0.39, 0.29) is 17.0 Å². The fraction of sp³-hybridized carbons (Fsp3) is 0.0588. The van der Waals surface area contributed by atoms with Crippen LogP contribution in [0.25, 0.3) is 11.0 Å². The third-order valence-electron chi connectivity index (χ3n) is 3.42. The first kappa shape index (κ1) is 13.8. The zero-order valence-electron chi connectivity index (χ0n) is 11.7. The van der Waals surface area contributed by atoms with Crippen molar-refractivity contribution in [3.8, 4) is 6.07 Å². The van der Waals surface area contributed by atoms with Gasteiger partial charge in [0.15, 0.2) is 5.76 Å². The Morgan fingerprint density at radius 3 is 2.73 bits per heavy atom. The van der Waals surface area contributed by atoms with Crippen molar-refractivity contribution in [3.63, 3.8) is 0 Å². The van der Waals surface area contributed by atoms with Crippen molar-refractivity contribution in [1.29, 1.82) is 5.26 Å². The third kappa shape index (κ3) is 2.21. The van der Waals surface area contributed by atoms with E-state index in [0.717, 1.165) is 5.39 Å². The van der Waals surface area contributed by atoms with Crippen LogP contribution in [0, 0.1) is 24.1 Å². The number of nitrogens with one attached hydrogen (secondary N) is 1. The summed E-state index contributed by atoms with van der Waals surface area (Å²) in [4.78, 5) is 12.3. The number of nitrogens with zero attached hydrogens (tertiary/aromatic N) is 1. The van der Waals surface area contributed by atoms with Gasteiger partial charge in [0.05, 0.1) is 5.69 Å². The van der Waals surface area contributed by atoms with Crippen molar-refractivity contribution in [2.24, 2.45) is 0 Å². The lowest BCUT2D eigenvalue weighted by Gasteiger charge is -2.06. The summed E-state index contributed by atoms with van der Waals surface area (Å²) in [6, 6.07) is 13.1. The molecule has 1 N–H and O–H groups in total. The molecule has 0 aliphatic rings. The molecule has 1 heterocycles. The average Bonchev–Trinajstić information content (AvgIpc) is 2.85. The van der Waals surface area contributed by atoms with Gasteiger partial charge in [-0.05, 0) is 25.1 Å². The fourth-order valence-electron chi connectivity index (χ4n) is 2.31. The molecule has 108 valence electrons. The molecule has 2 aromatic carbocycles. The molecule has 1 amide bonds. The first-order valence-corrected chi connectivity index (χ1v) is 6.60. The number of nitriles is 1. The topological polar surface area (TPSA) is 66.0 Å². The van der Waals surface area contributed by atoms with E-state index in [0.29, 0.717) is 11.1 Å². The molecule has 0 fully saturated rings. The van der Waals surface area contributed by atoms with Gasteiger partial charge < -0.3 is 9.73 Å². The molecule has 0 aliphatic carbocycles. The van der Waals surface area contributed by atoms with Crippen LogP contribution in [0.5, 0.6) is 0 Å². The molecular weight excluding hydrogens is 283 g/mol. The number of benzene rings is 2. The van der Waals surface area contributed by atoms with Crippen LogP contribution in [0.1, 0.15) is 21.7 Å². The Hall–Kier alpha value is -3.13. The summed E-state index contributed by atoms with van der Waals surface area (Å²) >= 11 is 0. The zero-order valence-corrected chi connectivity index (χ0v) is 11.7. The Morgan fingerprint density at radius 1 is 1.23 bits per heavy atom. The lowest BCUT2D eigenvalue weighted by molar-refractivity contribution is 0.0998. The van der Waals surface area contributed by atoms with Crippen LogP contribution in [0.2, 0.25) is 0 Å². The van der Waals surface area contributed by atoms with E-state index >= 15 is 0 Å². The summed E-state index contributed by atoms with van der Waals surface area (Å²) in [5.74, 6) is -1.05. The number of anilines is 1. The lowest BCUT2D eigenvalue weighted by Crippen LogP contribution is -2.13. The maximum absolute atomic E-state index is 13.6. The number of furan rings is 1. The molecule has 0 saturated heterocycles. The van der Waals surface area contributed by atoms with E-state index in [1.807, 2.05) is 18.2 Å². The van der Waals surface area contributed by atoms with E-state index < -0.39 is 11.7 Å². The summed E-state index contributed by atoms with van der Waals surface area (Å²) in [5, 5.41) is 12.4. The van der Waals surface area contributed by atoms with Gasteiger partial charge in [0.25, 0.3) is 5.91 Å². The molecule has 3 aromatic rings. The van der Waals surface area contributed by atoms with Gasteiger partial charge in [-0.25, -0.2) is 4.39 Å². The van der Waals surface area contributed by atoms with Gasteiger partial charge in [-0.2, -0.15) is 5.26 Å². The van der Waals surface area contributed by atoms with Gasteiger partial charge in [-0.15, -0.1) is 0 Å². The molecule has 0 saturated carbocycles. The predicted molar refractivity (Wildman–Crippen MR) is 80.0 cm³/mol. The van der Waals surface area contributed by atoms with E-state index in [1.165, 1.54) is 18.2 Å². The lowest BCUT2D eigenvalue weighted by atomic mass is 10.1. The van der Waals surface area contributed by atoms with Crippen LogP contribution in [-0.2, 0) is 0 Å². The second-order valence-corrected chi connectivity index (χ2v) is 4.78. The van der Waals surface area contributed by atoms with Gasteiger partial charge in [-0.1, -0.05) is 24.3 Å². The third-order valence-corrected chi connectivity index (χ3v) is 3.42. The minimum atomic E-state index is -0.679. The SMILES string of the molecule is Cc1c(C(=O)Nc2cccc(F)c2C#N)oc2ccccc12. The van der Waals surface area contributed by atoms with Crippen LogP contribution in [0.3, 0.4) is 0 Å². The summed E-state index contributed by atoms with van der Waals surface area (Å²) in [5.41, 5.74) is 1.21. The second kappa shape index (κ2) is 5.34. The highest BCUT2D eigenvalue weighted by Gasteiger charge is 2.19. The van der Waals surface area contributed by atoms with E-state index in [9.17, 15) is 9.18 Å². The Kier molecular flexibility index (Phi) is 3.36. The van der Waals surface area contributed by atoms with Crippen molar-refractivity contribution in [1.82, 2.24) is 0 Å². The summed E-state index contributed by atoms with van der Waals surface area (Å²) < 4.78 is 19.1. The Morgan fingerprint density at radius 2 is 2.00 bits per heavy atom. The fourth-order valence-corrected chi connectivity index (χ4v) is 2.31. The van der Waals surface area contributed by atoms with Crippen molar-refractivity contribution in [2.75, 3.05) is 5.32 Å². The molecule has 22 heavy (non-hydrogen) atoms. The van der Waals surface area contributed by atoms with Crippen LogP contribution < -0.4 is 5.32 Å². The zero-order chi connectivity index (χ0) is 15.7. The minimum Gasteiger partial charge on any atom is -0.451 e. The number of rotatable bonds is 2. The number of para-hydroxylation sites is 1. The predicted octanol–water partition coefficient (Wildman–Crippen LogP) is 4.00. The highest BCUT2D eigenvalue weighted by molar-refractivity contribution is 6.06. The summed E-state index contributed by atoms with van der Waals surface area (Å²) in [6.45, 7) is 1.78. The highest BCUT2D eigenvalue weighted by Crippen LogP contribution is 2.26. The Labute approximate surface area is 125 Å². The number of carbonyl (C=O) groups is 1. The standard InChI is InChI=1S/C17H11FN2O2/c1-10-11-5-2-3-8-15(11)22-16(10)17(21)20-14-7-4-6-13(18)12(14)9-19/h2-8H,1H3,(H,20,21). The van der Waals surface area contributed by atoms with Crippen molar-refractivity contribution in [3.05, 3.63) is 65.2 Å². The summed E-state index contributed by atoms with van der Waals surface area (Å²) in [6.07, 6.45) is 0. The quantitative estimate of drug-likeness (QED) is 0.776. The molecule has 0 unspecified atom stereocenters. The molecule has 0 atom stereocenters. The van der Waals surface area contributed by atoms with Crippen LogP contribution in [-0.4, -0.2) is 5.91 Å². The minimum absolute atomic E-state index is 0.118. The molecule has 3 rings (SSSR count). The molecule has 4 nitrogen and oxygen atoms in total. The number of hydrogen-bond acceptors (Lipinski definition) is 3. The van der Waals surface area contributed by atoms with Gasteiger partial charge in [0.2, 0.25) is 0 Å². The van der Waals surface area contributed by atoms with Crippen molar-refractivity contribution < 1.29 is 13.6 Å². The monoisotopic (exact) mass is 294 g/mol. The number of aryl methyl sites for hydroxylation is 1.